The van der Waals surface area contributed by atoms with E-state index >= 15 is 0 Å². The van der Waals surface area contributed by atoms with Gasteiger partial charge in [-0.25, -0.2) is 9.97 Å². The number of aromatic nitrogens is 4. The molecule has 34 heavy (non-hydrogen) atoms. The molecule has 1 unspecified atom stereocenters. The maximum atomic E-state index is 13.4. The van der Waals surface area contributed by atoms with Gasteiger partial charge in [-0.1, -0.05) is 6.92 Å². The van der Waals surface area contributed by atoms with Gasteiger partial charge in [0.2, 0.25) is 5.91 Å². The number of anilines is 2. The van der Waals surface area contributed by atoms with E-state index in [1.165, 1.54) is 10.4 Å². The van der Waals surface area contributed by atoms with Crippen molar-refractivity contribution >= 4 is 49.9 Å². The van der Waals surface area contributed by atoms with E-state index in [-0.39, 0.29) is 17.4 Å². The minimum absolute atomic E-state index is 0.184. The molecule has 2 N–H and O–H groups in total. The van der Waals surface area contributed by atoms with E-state index in [0.717, 1.165) is 58.3 Å². The van der Waals surface area contributed by atoms with Gasteiger partial charge in [0.05, 0.1) is 35.3 Å². The quantitative estimate of drug-likeness (QED) is 0.402. The molecule has 0 aliphatic heterocycles. The number of fused-ring (bicyclic) bond motifs is 4. The number of benzene rings is 1. The third-order valence-electron chi connectivity index (χ3n) is 7.26. The largest absolute Gasteiger partial charge is 0.494 e. The first-order valence-corrected chi connectivity index (χ1v) is 12.5. The maximum absolute atomic E-state index is 13.4. The van der Waals surface area contributed by atoms with Crippen molar-refractivity contribution in [2.45, 2.75) is 52.5 Å². The van der Waals surface area contributed by atoms with Crippen LogP contribution in [0.3, 0.4) is 0 Å². The number of hydrogen-bond acceptors (Lipinski definition) is 7. The third-order valence-corrected chi connectivity index (χ3v) is 8.40. The van der Waals surface area contributed by atoms with Gasteiger partial charge in [0.15, 0.2) is 0 Å². The van der Waals surface area contributed by atoms with Gasteiger partial charge < -0.3 is 15.0 Å². The topological polar surface area (TPSA) is 96.0 Å². The Labute approximate surface area is 202 Å². The molecule has 178 valence electrons. The lowest BCUT2D eigenvalue weighted by Crippen LogP contribution is -2.47. The highest BCUT2D eigenvalue weighted by atomic mass is 32.1. The Balaban J connectivity index is 1.54. The molecule has 0 saturated carbocycles. The van der Waals surface area contributed by atoms with Crippen molar-refractivity contribution in [1.82, 2.24) is 25.1 Å². The summed E-state index contributed by atoms with van der Waals surface area (Å²) in [5, 5.41) is 12.6. The molecule has 0 spiro atoms. The lowest BCUT2D eigenvalue weighted by Gasteiger charge is -2.39. The average molecular weight is 479 g/mol. The van der Waals surface area contributed by atoms with Gasteiger partial charge in [0.1, 0.15) is 22.7 Å². The van der Waals surface area contributed by atoms with Crippen LogP contribution in [0.1, 0.15) is 44.1 Å². The fraction of sp³-hybridized carbons (Fsp3) is 0.440. The van der Waals surface area contributed by atoms with E-state index in [2.05, 4.69) is 46.3 Å². The number of methoxy groups -OCH3 is 1. The van der Waals surface area contributed by atoms with E-state index in [1.807, 2.05) is 24.1 Å². The molecule has 1 aliphatic carbocycles. The summed E-state index contributed by atoms with van der Waals surface area (Å²) in [5.41, 5.74) is 2.64. The van der Waals surface area contributed by atoms with Crippen LogP contribution in [0.5, 0.6) is 5.75 Å². The summed E-state index contributed by atoms with van der Waals surface area (Å²) in [6, 6.07) is 4.12. The number of carbonyl (C=O) groups excluding carboxylic acids is 1. The van der Waals surface area contributed by atoms with Crippen molar-refractivity contribution in [3.63, 3.8) is 0 Å². The summed E-state index contributed by atoms with van der Waals surface area (Å²) < 4.78 is 5.62. The monoisotopic (exact) mass is 478 g/mol. The van der Waals surface area contributed by atoms with Gasteiger partial charge in [0.25, 0.3) is 0 Å². The van der Waals surface area contributed by atoms with Crippen molar-refractivity contribution in [1.29, 1.82) is 0 Å². The molecule has 1 aliphatic rings. The summed E-state index contributed by atoms with van der Waals surface area (Å²) in [6.45, 7) is 6.27. The number of rotatable bonds is 6. The van der Waals surface area contributed by atoms with Gasteiger partial charge in [-0.15, -0.1) is 11.3 Å². The second-order valence-electron chi connectivity index (χ2n) is 9.36. The fourth-order valence-electron chi connectivity index (χ4n) is 4.91. The van der Waals surface area contributed by atoms with Crippen LogP contribution >= 0.6 is 11.3 Å². The standard InChI is InChI=1S/C25H30N6O2S/c1-6-25(24(32)31(4)14(2)3)8-7-16-20(11-25)34-23-21(16)22(26-13-27-23)29-18-9-15-12-28-30-17(15)10-19(18)33-5/h9-10,12-14H,6-8,11H2,1-5H3,(H,28,30)(H,26,27,29). The predicted octanol–water partition coefficient (Wildman–Crippen LogP) is 5.07. The molecule has 8 nitrogen and oxygen atoms in total. The van der Waals surface area contributed by atoms with Gasteiger partial charge in [0, 0.05) is 29.4 Å². The van der Waals surface area contributed by atoms with Gasteiger partial charge >= 0.3 is 0 Å². The molecule has 4 aromatic rings. The molecule has 1 aromatic carbocycles. The van der Waals surface area contributed by atoms with E-state index in [4.69, 9.17) is 4.74 Å². The van der Waals surface area contributed by atoms with Crippen LogP contribution < -0.4 is 10.1 Å². The van der Waals surface area contributed by atoms with Crippen LogP contribution in [0.15, 0.2) is 24.7 Å². The van der Waals surface area contributed by atoms with Gasteiger partial charge in [-0.05, 0) is 51.2 Å². The first-order valence-electron chi connectivity index (χ1n) is 11.7. The SMILES string of the molecule is CCC1(C(=O)N(C)C(C)C)CCc2c(sc3ncnc(Nc4cc5cn[nH]c5cc4OC)c23)C1. The minimum atomic E-state index is -0.358. The molecular formula is C25H30N6O2S. The van der Waals surface area contributed by atoms with E-state index in [0.29, 0.717) is 5.75 Å². The van der Waals surface area contributed by atoms with Gasteiger partial charge in [-0.3, -0.25) is 9.89 Å². The van der Waals surface area contributed by atoms with Crippen molar-refractivity contribution < 1.29 is 9.53 Å². The fourth-order valence-corrected chi connectivity index (χ4v) is 6.24. The number of carbonyl (C=O) groups is 1. The van der Waals surface area contributed by atoms with Crippen LogP contribution in [0.25, 0.3) is 21.1 Å². The van der Waals surface area contributed by atoms with Crippen LogP contribution in [0, 0.1) is 5.41 Å². The highest BCUT2D eigenvalue weighted by molar-refractivity contribution is 7.19. The van der Waals surface area contributed by atoms with Crippen molar-refractivity contribution in [3.8, 4) is 5.75 Å². The molecule has 3 heterocycles. The number of amides is 1. The molecule has 1 atom stereocenters. The zero-order valence-electron chi connectivity index (χ0n) is 20.2. The number of hydrogen-bond donors (Lipinski definition) is 2. The summed E-state index contributed by atoms with van der Waals surface area (Å²) in [7, 11) is 3.57. The zero-order valence-corrected chi connectivity index (χ0v) is 21.0. The number of aromatic amines is 1. The van der Waals surface area contributed by atoms with Crippen molar-refractivity contribution in [3.05, 3.63) is 35.1 Å². The Hall–Kier alpha value is -3.20. The lowest BCUT2D eigenvalue weighted by molar-refractivity contribution is -0.143. The first-order chi connectivity index (χ1) is 16.4. The van der Waals surface area contributed by atoms with E-state index in [9.17, 15) is 4.79 Å². The van der Waals surface area contributed by atoms with E-state index < -0.39 is 0 Å². The summed E-state index contributed by atoms with van der Waals surface area (Å²) in [6.07, 6.45) is 6.63. The molecule has 0 radical (unpaired) electrons. The summed E-state index contributed by atoms with van der Waals surface area (Å²) >= 11 is 1.69. The van der Waals surface area contributed by atoms with E-state index in [1.54, 1.807) is 31.0 Å². The van der Waals surface area contributed by atoms with Crippen LogP contribution in [-0.2, 0) is 17.6 Å². The first kappa shape index (κ1) is 22.6. The van der Waals surface area contributed by atoms with Gasteiger partial charge in [-0.2, -0.15) is 5.10 Å². The van der Waals surface area contributed by atoms with Crippen LogP contribution in [0.2, 0.25) is 0 Å². The molecule has 5 rings (SSSR count). The number of nitrogens with one attached hydrogen (secondary N) is 2. The predicted molar refractivity (Wildman–Crippen MR) is 136 cm³/mol. The smallest absolute Gasteiger partial charge is 0.229 e. The van der Waals surface area contributed by atoms with Crippen LogP contribution in [0.4, 0.5) is 11.5 Å². The summed E-state index contributed by atoms with van der Waals surface area (Å²) in [5.74, 6) is 1.72. The Morgan fingerprint density at radius 1 is 1.35 bits per heavy atom. The molecule has 1 amide bonds. The number of ether oxygens (including phenoxy) is 1. The van der Waals surface area contributed by atoms with Crippen LogP contribution in [-0.4, -0.2) is 51.2 Å². The number of nitrogens with zero attached hydrogens (tertiary/aromatic N) is 4. The molecular weight excluding hydrogens is 448 g/mol. The second-order valence-corrected chi connectivity index (χ2v) is 10.4. The van der Waals surface area contributed by atoms with Crippen molar-refractivity contribution in [2.24, 2.45) is 5.41 Å². The average Bonchev–Trinajstić information content (AvgIpc) is 3.45. The highest BCUT2D eigenvalue weighted by Crippen LogP contribution is 2.47. The Morgan fingerprint density at radius 3 is 2.91 bits per heavy atom. The Morgan fingerprint density at radius 2 is 2.18 bits per heavy atom. The highest BCUT2D eigenvalue weighted by Gasteiger charge is 2.43. The number of thiophene rings is 1. The molecule has 0 saturated heterocycles. The zero-order chi connectivity index (χ0) is 24.0. The lowest BCUT2D eigenvalue weighted by atomic mass is 9.71. The number of H-pyrrole nitrogens is 1. The third kappa shape index (κ3) is 3.58. The van der Waals surface area contributed by atoms with Crippen molar-refractivity contribution in [2.75, 3.05) is 19.5 Å². The normalized spacial score (nSPS) is 17.8. The minimum Gasteiger partial charge on any atom is -0.494 e. The molecule has 0 fully saturated rings. The molecule has 9 heteroatoms. The Kier molecular flexibility index (Phi) is 5.67. The molecule has 0 bridgehead atoms. The molecule has 3 aromatic heterocycles. The maximum Gasteiger partial charge on any atom is 0.229 e. The second kappa shape index (κ2) is 8.54. The number of aryl methyl sites for hydroxylation is 1. The Bertz CT molecular complexity index is 1380. The summed E-state index contributed by atoms with van der Waals surface area (Å²) in [4.78, 5) is 26.7.